The molecule has 1 fully saturated rings. The van der Waals surface area contributed by atoms with E-state index >= 15 is 0 Å². The Morgan fingerprint density at radius 3 is 2.50 bits per heavy atom. The highest BCUT2D eigenvalue weighted by atomic mass is 14.6. The number of nitrogens with two attached hydrogens (primary N) is 1. The number of hydrogen-bond donors (Lipinski definition) is 1. The third-order valence-electron chi connectivity index (χ3n) is 3.79. The van der Waals surface area contributed by atoms with Gasteiger partial charge in [0.1, 0.15) is 0 Å². The van der Waals surface area contributed by atoms with Gasteiger partial charge >= 0.3 is 0 Å². The van der Waals surface area contributed by atoms with E-state index in [1.54, 1.807) is 0 Å². The molecule has 2 atom stereocenters. The first kappa shape index (κ1) is 11.7. The zero-order valence-electron chi connectivity index (χ0n) is 10.2. The van der Waals surface area contributed by atoms with Gasteiger partial charge in [0.05, 0.1) is 0 Å². The Labute approximate surface area is 99.0 Å². The molecular weight excluding hydrogens is 194 g/mol. The quantitative estimate of drug-likeness (QED) is 0.772. The molecule has 1 aliphatic rings. The maximum absolute atomic E-state index is 6.34. The molecule has 1 aromatic carbocycles. The fraction of sp³-hybridized carbons (Fsp3) is 0.600. The average Bonchev–Trinajstić information content (AvgIpc) is 3.13. The fourth-order valence-corrected chi connectivity index (χ4v) is 2.52. The van der Waals surface area contributed by atoms with Crippen LogP contribution >= 0.6 is 0 Å². The fourth-order valence-electron chi connectivity index (χ4n) is 2.52. The van der Waals surface area contributed by atoms with Gasteiger partial charge in [-0.2, -0.15) is 0 Å². The van der Waals surface area contributed by atoms with Crippen molar-refractivity contribution in [3.8, 4) is 0 Å². The Hall–Kier alpha value is -0.820. The van der Waals surface area contributed by atoms with Crippen LogP contribution in [0.25, 0.3) is 0 Å². The zero-order valence-corrected chi connectivity index (χ0v) is 10.2. The minimum absolute atomic E-state index is 0.341. The molecule has 0 amide bonds. The van der Waals surface area contributed by atoms with Crippen LogP contribution in [0.15, 0.2) is 30.3 Å². The highest BCUT2D eigenvalue weighted by molar-refractivity contribution is 5.21. The van der Waals surface area contributed by atoms with Crippen LogP contribution in [0.3, 0.4) is 0 Å². The van der Waals surface area contributed by atoms with Crippen molar-refractivity contribution in [2.45, 2.75) is 51.0 Å². The molecule has 2 N–H and O–H groups in total. The van der Waals surface area contributed by atoms with E-state index in [1.165, 1.54) is 31.2 Å². The van der Waals surface area contributed by atoms with E-state index in [-0.39, 0.29) is 0 Å². The normalized spacial score (nSPS) is 19.4. The highest BCUT2D eigenvalue weighted by Crippen LogP contribution is 2.35. The monoisotopic (exact) mass is 217 g/mol. The van der Waals surface area contributed by atoms with Gasteiger partial charge in [-0.25, -0.2) is 0 Å². The number of rotatable bonds is 6. The van der Waals surface area contributed by atoms with E-state index in [4.69, 9.17) is 5.73 Å². The Kier molecular flexibility index (Phi) is 4.00. The Morgan fingerprint density at radius 2 is 1.94 bits per heavy atom. The van der Waals surface area contributed by atoms with Gasteiger partial charge in [0.25, 0.3) is 0 Å². The molecule has 0 saturated heterocycles. The molecule has 0 aliphatic heterocycles. The second-order valence-electron chi connectivity index (χ2n) is 5.11. The van der Waals surface area contributed by atoms with E-state index in [1.807, 2.05) is 0 Å². The molecule has 1 saturated carbocycles. The predicted molar refractivity (Wildman–Crippen MR) is 69.4 cm³/mol. The molecule has 16 heavy (non-hydrogen) atoms. The van der Waals surface area contributed by atoms with Gasteiger partial charge < -0.3 is 5.73 Å². The van der Waals surface area contributed by atoms with Gasteiger partial charge in [-0.3, -0.25) is 0 Å². The van der Waals surface area contributed by atoms with Crippen molar-refractivity contribution in [2.24, 2.45) is 11.7 Å². The first-order valence-corrected chi connectivity index (χ1v) is 6.61. The Balaban J connectivity index is 1.92. The summed E-state index contributed by atoms with van der Waals surface area (Å²) in [5, 5.41) is 0. The van der Waals surface area contributed by atoms with Gasteiger partial charge in [-0.15, -0.1) is 0 Å². The number of benzene rings is 1. The topological polar surface area (TPSA) is 26.0 Å². The summed E-state index contributed by atoms with van der Waals surface area (Å²) in [6.45, 7) is 2.24. The van der Waals surface area contributed by atoms with Crippen molar-refractivity contribution >= 4 is 0 Å². The van der Waals surface area contributed by atoms with Gasteiger partial charge in [0.2, 0.25) is 0 Å². The molecule has 0 aromatic heterocycles. The summed E-state index contributed by atoms with van der Waals surface area (Å²) in [5.74, 6) is 1.54. The van der Waals surface area contributed by atoms with Crippen molar-refractivity contribution in [2.75, 3.05) is 0 Å². The van der Waals surface area contributed by atoms with Crippen molar-refractivity contribution in [1.29, 1.82) is 0 Å². The van der Waals surface area contributed by atoms with E-state index in [2.05, 4.69) is 37.3 Å². The first-order chi connectivity index (χ1) is 7.81. The van der Waals surface area contributed by atoms with Crippen LogP contribution in [0.2, 0.25) is 0 Å². The molecular formula is C15H23N. The summed E-state index contributed by atoms with van der Waals surface area (Å²) in [5.41, 5.74) is 7.75. The van der Waals surface area contributed by atoms with Gasteiger partial charge in [-0.1, -0.05) is 50.1 Å². The lowest BCUT2D eigenvalue weighted by Crippen LogP contribution is -2.28. The molecule has 0 radical (unpaired) electrons. The number of hydrogen-bond acceptors (Lipinski definition) is 1. The van der Waals surface area contributed by atoms with Crippen LogP contribution in [0, 0.1) is 5.92 Å². The first-order valence-electron chi connectivity index (χ1n) is 6.61. The molecule has 1 aromatic rings. The van der Waals surface area contributed by atoms with E-state index in [0.29, 0.717) is 12.0 Å². The van der Waals surface area contributed by atoms with E-state index in [9.17, 15) is 0 Å². The summed E-state index contributed by atoms with van der Waals surface area (Å²) in [7, 11) is 0. The lowest BCUT2D eigenvalue weighted by Gasteiger charge is -2.23. The van der Waals surface area contributed by atoms with Crippen LogP contribution in [-0.4, -0.2) is 6.04 Å². The second-order valence-corrected chi connectivity index (χ2v) is 5.11. The zero-order chi connectivity index (χ0) is 11.4. The van der Waals surface area contributed by atoms with Gasteiger partial charge in [-0.05, 0) is 36.7 Å². The smallest absolute Gasteiger partial charge is 0.0108 e. The molecule has 1 heteroatoms. The Bertz CT molecular complexity index is 302. The molecule has 0 bridgehead atoms. The minimum atomic E-state index is 0.341. The molecule has 88 valence electrons. The van der Waals surface area contributed by atoms with Crippen LogP contribution in [0.1, 0.15) is 50.5 Å². The van der Waals surface area contributed by atoms with E-state index < -0.39 is 0 Å². The van der Waals surface area contributed by atoms with Crippen molar-refractivity contribution < 1.29 is 0 Å². The third-order valence-corrected chi connectivity index (χ3v) is 3.79. The maximum Gasteiger partial charge on any atom is 0.0108 e. The average molecular weight is 217 g/mol. The second kappa shape index (κ2) is 5.49. The molecule has 1 nitrogen and oxygen atoms in total. The third kappa shape index (κ3) is 3.08. The summed E-state index contributed by atoms with van der Waals surface area (Å²) >= 11 is 0. The van der Waals surface area contributed by atoms with Crippen LogP contribution < -0.4 is 5.73 Å². The summed E-state index contributed by atoms with van der Waals surface area (Å²) in [6, 6.07) is 11.1. The SMILES string of the molecule is CCC(c1ccccc1)C(N)CCC1CC1. The summed E-state index contributed by atoms with van der Waals surface area (Å²) in [4.78, 5) is 0. The van der Waals surface area contributed by atoms with Crippen LogP contribution in [-0.2, 0) is 0 Å². The van der Waals surface area contributed by atoms with E-state index in [0.717, 1.165) is 12.3 Å². The van der Waals surface area contributed by atoms with Crippen molar-refractivity contribution in [3.05, 3.63) is 35.9 Å². The maximum atomic E-state index is 6.34. The summed E-state index contributed by atoms with van der Waals surface area (Å²) in [6.07, 6.45) is 6.56. The Morgan fingerprint density at radius 1 is 1.25 bits per heavy atom. The molecule has 2 unspecified atom stereocenters. The summed E-state index contributed by atoms with van der Waals surface area (Å²) < 4.78 is 0. The van der Waals surface area contributed by atoms with Crippen molar-refractivity contribution in [3.63, 3.8) is 0 Å². The minimum Gasteiger partial charge on any atom is -0.327 e. The molecule has 0 heterocycles. The molecule has 0 spiro atoms. The standard InChI is InChI=1S/C15H23N/c1-2-14(13-6-4-3-5-7-13)15(16)11-10-12-8-9-12/h3-7,12,14-15H,2,8-11,16H2,1H3. The molecule has 1 aliphatic carbocycles. The van der Waals surface area contributed by atoms with Crippen molar-refractivity contribution in [1.82, 2.24) is 0 Å². The van der Waals surface area contributed by atoms with Gasteiger partial charge in [0, 0.05) is 6.04 Å². The van der Waals surface area contributed by atoms with Crippen LogP contribution in [0.5, 0.6) is 0 Å². The largest absolute Gasteiger partial charge is 0.327 e. The van der Waals surface area contributed by atoms with Crippen LogP contribution in [0.4, 0.5) is 0 Å². The predicted octanol–water partition coefficient (Wildman–Crippen LogP) is 3.70. The van der Waals surface area contributed by atoms with Gasteiger partial charge in [0.15, 0.2) is 0 Å². The lowest BCUT2D eigenvalue weighted by molar-refractivity contribution is 0.462. The highest BCUT2D eigenvalue weighted by Gasteiger charge is 2.24. The lowest BCUT2D eigenvalue weighted by atomic mass is 9.87. The molecule has 2 rings (SSSR count).